The van der Waals surface area contributed by atoms with Crippen LogP contribution in [0.4, 0.5) is 5.69 Å². The first-order chi connectivity index (χ1) is 14.2. The van der Waals surface area contributed by atoms with Crippen LogP contribution >= 0.6 is 11.3 Å². The summed E-state index contributed by atoms with van der Waals surface area (Å²) in [6, 6.07) is 13.5. The fourth-order valence-electron chi connectivity index (χ4n) is 3.16. The van der Waals surface area contributed by atoms with Crippen molar-refractivity contribution in [3.63, 3.8) is 0 Å². The van der Waals surface area contributed by atoms with E-state index in [9.17, 15) is 4.79 Å². The number of hydrogen-bond donors (Lipinski definition) is 2. The molecule has 2 N–H and O–H groups in total. The van der Waals surface area contributed by atoms with Crippen molar-refractivity contribution in [2.75, 3.05) is 12.4 Å². The lowest BCUT2D eigenvalue weighted by Gasteiger charge is -2.18. The normalized spacial score (nSPS) is 12.0. The molecule has 0 aliphatic heterocycles. The molecule has 0 saturated carbocycles. The standard InChI is InChI=1S/C21H21N5O2S/c1-28-13-19-23-21(25-24-19)15-5-4-6-17(11-15)22-20(27)12-18(16-7-10-29-14-16)26-8-2-3-9-26/h2-11,14,18H,12-13H2,1H3,(H,22,27)(H,23,24,25)/t18-/m0/s1. The second kappa shape index (κ2) is 8.85. The molecule has 1 atom stereocenters. The van der Waals surface area contributed by atoms with Gasteiger partial charge in [0.15, 0.2) is 11.6 Å². The SMILES string of the molecule is COCc1nc(-c2cccc(NC(=O)C[C@@H](c3ccsc3)n3cccc3)c2)n[nH]1. The van der Waals surface area contributed by atoms with Crippen molar-refractivity contribution in [1.29, 1.82) is 0 Å². The molecule has 0 aliphatic rings. The predicted molar refractivity (Wildman–Crippen MR) is 113 cm³/mol. The Morgan fingerprint density at radius 2 is 2.14 bits per heavy atom. The van der Waals surface area contributed by atoms with Gasteiger partial charge in [-0.05, 0) is 46.7 Å². The van der Waals surface area contributed by atoms with Crippen LogP contribution in [0.3, 0.4) is 0 Å². The topological polar surface area (TPSA) is 84.8 Å². The third kappa shape index (κ3) is 4.61. The first-order valence-corrected chi connectivity index (χ1v) is 10.1. The van der Waals surface area contributed by atoms with Gasteiger partial charge in [-0.15, -0.1) is 0 Å². The maximum atomic E-state index is 12.8. The second-order valence-electron chi connectivity index (χ2n) is 6.57. The van der Waals surface area contributed by atoms with Gasteiger partial charge in [-0.3, -0.25) is 9.89 Å². The molecule has 3 heterocycles. The Morgan fingerprint density at radius 1 is 1.28 bits per heavy atom. The summed E-state index contributed by atoms with van der Waals surface area (Å²) in [5, 5.41) is 14.2. The van der Waals surface area contributed by atoms with Crippen LogP contribution in [0.25, 0.3) is 11.4 Å². The van der Waals surface area contributed by atoms with E-state index in [2.05, 4.69) is 36.5 Å². The van der Waals surface area contributed by atoms with Crippen LogP contribution in [-0.2, 0) is 16.1 Å². The first-order valence-electron chi connectivity index (χ1n) is 9.18. The van der Waals surface area contributed by atoms with Crippen LogP contribution in [0.15, 0.2) is 65.6 Å². The molecular weight excluding hydrogens is 386 g/mol. The number of carbonyl (C=O) groups excluding carboxylic acids is 1. The van der Waals surface area contributed by atoms with Gasteiger partial charge in [0.2, 0.25) is 5.91 Å². The van der Waals surface area contributed by atoms with Gasteiger partial charge in [0, 0.05) is 30.8 Å². The fraction of sp³-hybridized carbons (Fsp3) is 0.190. The summed E-state index contributed by atoms with van der Waals surface area (Å²) in [7, 11) is 1.61. The number of aromatic amines is 1. The number of methoxy groups -OCH3 is 1. The number of ether oxygens (including phenoxy) is 1. The minimum Gasteiger partial charge on any atom is -0.377 e. The summed E-state index contributed by atoms with van der Waals surface area (Å²) < 4.78 is 7.12. The monoisotopic (exact) mass is 407 g/mol. The highest BCUT2D eigenvalue weighted by Crippen LogP contribution is 2.26. The van der Waals surface area contributed by atoms with E-state index in [1.54, 1.807) is 18.4 Å². The van der Waals surface area contributed by atoms with Gasteiger partial charge in [-0.1, -0.05) is 12.1 Å². The fourth-order valence-corrected chi connectivity index (χ4v) is 3.87. The summed E-state index contributed by atoms with van der Waals surface area (Å²) in [4.78, 5) is 17.2. The smallest absolute Gasteiger partial charge is 0.226 e. The Morgan fingerprint density at radius 3 is 2.90 bits per heavy atom. The zero-order chi connectivity index (χ0) is 20.1. The number of nitrogens with zero attached hydrogens (tertiary/aromatic N) is 3. The van der Waals surface area contributed by atoms with Crippen LogP contribution in [-0.4, -0.2) is 32.8 Å². The molecule has 0 bridgehead atoms. The molecule has 0 aliphatic carbocycles. The number of H-pyrrole nitrogens is 1. The first kappa shape index (κ1) is 19.1. The van der Waals surface area contributed by atoms with E-state index in [1.165, 1.54) is 0 Å². The lowest BCUT2D eigenvalue weighted by molar-refractivity contribution is -0.116. The Labute approximate surface area is 172 Å². The molecule has 0 spiro atoms. The van der Waals surface area contributed by atoms with Crippen LogP contribution in [0.1, 0.15) is 23.9 Å². The number of anilines is 1. The van der Waals surface area contributed by atoms with E-state index in [1.807, 2.05) is 54.2 Å². The molecular formula is C21H21N5O2S. The summed E-state index contributed by atoms with van der Waals surface area (Å²) >= 11 is 1.63. The van der Waals surface area contributed by atoms with Crippen molar-refractivity contribution < 1.29 is 9.53 Å². The van der Waals surface area contributed by atoms with Crippen molar-refractivity contribution in [2.45, 2.75) is 19.1 Å². The van der Waals surface area contributed by atoms with Crippen molar-refractivity contribution in [2.24, 2.45) is 0 Å². The minimum atomic E-state index is -0.0536. The molecule has 148 valence electrons. The van der Waals surface area contributed by atoms with Gasteiger partial charge in [-0.25, -0.2) is 4.98 Å². The molecule has 29 heavy (non-hydrogen) atoms. The van der Waals surface area contributed by atoms with Crippen LogP contribution in [0, 0.1) is 0 Å². The highest BCUT2D eigenvalue weighted by molar-refractivity contribution is 7.08. The maximum Gasteiger partial charge on any atom is 0.226 e. The molecule has 1 aromatic carbocycles. The summed E-state index contributed by atoms with van der Waals surface area (Å²) in [6.07, 6.45) is 4.31. The van der Waals surface area contributed by atoms with Crippen LogP contribution in [0.2, 0.25) is 0 Å². The lowest BCUT2D eigenvalue weighted by Crippen LogP contribution is -2.19. The highest BCUT2D eigenvalue weighted by Gasteiger charge is 2.18. The third-order valence-corrected chi connectivity index (χ3v) is 5.21. The van der Waals surface area contributed by atoms with E-state index in [-0.39, 0.29) is 11.9 Å². The number of rotatable bonds is 8. The zero-order valence-corrected chi connectivity index (χ0v) is 16.7. The number of aromatic nitrogens is 4. The van der Waals surface area contributed by atoms with Gasteiger partial charge < -0.3 is 14.6 Å². The van der Waals surface area contributed by atoms with Crippen LogP contribution in [0.5, 0.6) is 0 Å². The van der Waals surface area contributed by atoms with Crippen molar-refractivity contribution in [1.82, 2.24) is 19.7 Å². The number of carbonyl (C=O) groups is 1. The average Bonchev–Trinajstić information content (AvgIpc) is 3.49. The van der Waals surface area contributed by atoms with Crippen LogP contribution < -0.4 is 5.32 Å². The van der Waals surface area contributed by atoms with Gasteiger partial charge in [0.05, 0.1) is 12.5 Å². The molecule has 0 saturated heterocycles. The van der Waals surface area contributed by atoms with Crippen molar-refractivity contribution >= 4 is 22.9 Å². The molecule has 0 fully saturated rings. The van der Waals surface area contributed by atoms with Gasteiger partial charge in [-0.2, -0.15) is 16.4 Å². The number of hydrogen-bond acceptors (Lipinski definition) is 5. The molecule has 4 rings (SSSR count). The molecule has 0 radical (unpaired) electrons. The van der Waals surface area contributed by atoms with Gasteiger partial charge in [0.1, 0.15) is 6.61 Å². The molecule has 4 aromatic rings. The maximum absolute atomic E-state index is 12.8. The van der Waals surface area contributed by atoms with E-state index in [0.29, 0.717) is 30.4 Å². The number of amides is 1. The van der Waals surface area contributed by atoms with Gasteiger partial charge in [0.25, 0.3) is 0 Å². The number of nitrogens with one attached hydrogen (secondary N) is 2. The molecule has 0 unspecified atom stereocenters. The third-order valence-electron chi connectivity index (χ3n) is 4.51. The predicted octanol–water partition coefficient (Wildman–Crippen LogP) is 4.10. The Hall–Kier alpha value is -3.23. The highest BCUT2D eigenvalue weighted by atomic mass is 32.1. The van der Waals surface area contributed by atoms with E-state index in [0.717, 1.165) is 11.1 Å². The van der Waals surface area contributed by atoms with Crippen molar-refractivity contribution in [3.05, 3.63) is 77.0 Å². The lowest BCUT2D eigenvalue weighted by atomic mass is 10.1. The largest absolute Gasteiger partial charge is 0.377 e. The van der Waals surface area contributed by atoms with E-state index < -0.39 is 0 Å². The molecule has 7 nitrogen and oxygen atoms in total. The quantitative estimate of drug-likeness (QED) is 0.461. The number of benzene rings is 1. The van der Waals surface area contributed by atoms with E-state index >= 15 is 0 Å². The van der Waals surface area contributed by atoms with Gasteiger partial charge >= 0.3 is 0 Å². The van der Waals surface area contributed by atoms with E-state index in [4.69, 9.17) is 4.74 Å². The number of thiophene rings is 1. The Balaban J connectivity index is 1.48. The molecule has 1 amide bonds. The average molecular weight is 407 g/mol. The molecule has 8 heteroatoms. The zero-order valence-electron chi connectivity index (χ0n) is 15.9. The minimum absolute atomic E-state index is 0.0379. The second-order valence-corrected chi connectivity index (χ2v) is 7.35. The van der Waals surface area contributed by atoms with Crippen molar-refractivity contribution in [3.8, 4) is 11.4 Å². The summed E-state index contributed by atoms with van der Waals surface area (Å²) in [6.45, 7) is 0.368. The summed E-state index contributed by atoms with van der Waals surface area (Å²) in [5.41, 5.74) is 2.66. The Bertz CT molecular complexity index is 1020. The Kier molecular flexibility index (Phi) is 5.83. The summed E-state index contributed by atoms with van der Waals surface area (Å²) in [5.74, 6) is 1.17. The molecule has 3 aromatic heterocycles.